The average molecular weight is 386 g/mol. The van der Waals surface area contributed by atoms with E-state index in [1.807, 2.05) is 6.07 Å². The topological polar surface area (TPSA) is 84.8 Å². The molecule has 1 fully saturated rings. The lowest BCUT2D eigenvalue weighted by atomic mass is 9.63. The zero-order valence-electron chi connectivity index (χ0n) is 17.4. The number of aliphatic imine (C=N–C) groups is 1. The lowest BCUT2D eigenvalue weighted by Crippen LogP contribution is -2.47. The molecule has 2 atom stereocenters. The Bertz CT molecular complexity index is 766. The first-order valence-electron chi connectivity index (χ1n) is 9.60. The highest BCUT2D eigenvalue weighted by molar-refractivity contribution is 6.02. The summed E-state index contributed by atoms with van der Waals surface area (Å²) in [6.07, 6.45) is 3.43. The SMILES string of the molecule is CC1(C)CC(N=C=O)CC(C)(CNC(=O)OC(C)(C)C(=O)c2ccccc2)C1. The molecule has 0 heterocycles. The van der Waals surface area contributed by atoms with Crippen LogP contribution in [0.15, 0.2) is 35.3 Å². The fourth-order valence-electron chi connectivity index (χ4n) is 4.42. The molecule has 2 rings (SSSR count). The lowest BCUT2D eigenvalue weighted by molar-refractivity contribution is 0.0280. The molecule has 28 heavy (non-hydrogen) atoms. The fourth-order valence-corrected chi connectivity index (χ4v) is 4.42. The maximum absolute atomic E-state index is 12.6. The summed E-state index contributed by atoms with van der Waals surface area (Å²) >= 11 is 0. The van der Waals surface area contributed by atoms with Crippen molar-refractivity contribution in [2.45, 2.75) is 65.5 Å². The van der Waals surface area contributed by atoms with Crippen LogP contribution in [0, 0.1) is 10.8 Å². The molecule has 0 aliphatic heterocycles. The number of hydrogen-bond donors (Lipinski definition) is 1. The Balaban J connectivity index is 1.98. The molecule has 1 aromatic carbocycles. The number of Topliss-reactive ketones (excluding diaryl/α,β-unsaturated/α-hetero) is 1. The van der Waals surface area contributed by atoms with Gasteiger partial charge in [-0.1, -0.05) is 51.1 Å². The van der Waals surface area contributed by atoms with Crippen LogP contribution < -0.4 is 5.32 Å². The van der Waals surface area contributed by atoms with Crippen molar-refractivity contribution >= 4 is 18.0 Å². The number of isocyanates is 1. The van der Waals surface area contributed by atoms with Crippen LogP contribution in [0.4, 0.5) is 4.79 Å². The summed E-state index contributed by atoms with van der Waals surface area (Å²) < 4.78 is 5.43. The van der Waals surface area contributed by atoms with Gasteiger partial charge in [0.05, 0.1) is 6.04 Å². The number of nitrogens with one attached hydrogen (secondary N) is 1. The molecular weight excluding hydrogens is 356 g/mol. The van der Waals surface area contributed by atoms with E-state index in [-0.39, 0.29) is 22.7 Å². The van der Waals surface area contributed by atoms with E-state index >= 15 is 0 Å². The third-order valence-electron chi connectivity index (χ3n) is 5.25. The second kappa shape index (κ2) is 8.27. The van der Waals surface area contributed by atoms with Crippen molar-refractivity contribution in [3.63, 3.8) is 0 Å². The van der Waals surface area contributed by atoms with Crippen LogP contribution in [0.1, 0.15) is 64.2 Å². The van der Waals surface area contributed by atoms with Gasteiger partial charge in [0.15, 0.2) is 5.60 Å². The molecular formula is C22H30N2O4. The maximum Gasteiger partial charge on any atom is 0.408 e. The molecule has 1 aliphatic carbocycles. The number of benzene rings is 1. The maximum atomic E-state index is 12.6. The van der Waals surface area contributed by atoms with Gasteiger partial charge in [0.25, 0.3) is 0 Å². The van der Waals surface area contributed by atoms with Crippen molar-refractivity contribution in [2.75, 3.05) is 6.54 Å². The average Bonchev–Trinajstić information content (AvgIpc) is 2.58. The highest BCUT2D eigenvalue weighted by Gasteiger charge is 2.42. The van der Waals surface area contributed by atoms with Crippen molar-refractivity contribution in [2.24, 2.45) is 15.8 Å². The highest BCUT2D eigenvalue weighted by Crippen LogP contribution is 2.46. The van der Waals surface area contributed by atoms with Gasteiger partial charge in [-0.15, -0.1) is 0 Å². The molecule has 0 spiro atoms. The largest absolute Gasteiger partial charge is 0.435 e. The number of carbonyl (C=O) groups excluding carboxylic acids is 3. The van der Waals surface area contributed by atoms with E-state index in [4.69, 9.17) is 4.74 Å². The molecule has 6 nitrogen and oxygen atoms in total. The van der Waals surface area contributed by atoms with Crippen molar-refractivity contribution in [3.05, 3.63) is 35.9 Å². The van der Waals surface area contributed by atoms with Gasteiger partial charge in [0, 0.05) is 12.1 Å². The Morgan fingerprint density at radius 1 is 1.21 bits per heavy atom. The van der Waals surface area contributed by atoms with Gasteiger partial charge in [-0.05, 0) is 43.9 Å². The van der Waals surface area contributed by atoms with E-state index < -0.39 is 11.7 Å². The predicted octanol–water partition coefficient (Wildman–Crippen LogP) is 4.29. The van der Waals surface area contributed by atoms with Gasteiger partial charge in [0.1, 0.15) is 0 Å². The number of nitrogens with zero attached hydrogens (tertiary/aromatic N) is 1. The van der Waals surface area contributed by atoms with Crippen LogP contribution in [0.25, 0.3) is 0 Å². The Morgan fingerprint density at radius 3 is 2.46 bits per heavy atom. The zero-order valence-corrected chi connectivity index (χ0v) is 17.4. The van der Waals surface area contributed by atoms with Gasteiger partial charge in [-0.3, -0.25) is 4.79 Å². The second-order valence-electron chi connectivity index (χ2n) is 9.38. The van der Waals surface area contributed by atoms with E-state index in [1.165, 1.54) is 0 Å². The van der Waals surface area contributed by atoms with Crippen molar-refractivity contribution < 1.29 is 19.1 Å². The van der Waals surface area contributed by atoms with Crippen LogP contribution in [0.3, 0.4) is 0 Å². The molecule has 2 unspecified atom stereocenters. The van der Waals surface area contributed by atoms with Gasteiger partial charge in [-0.25, -0.2) is 14.6 Å². The summed E-state index contributed by atoms with van der Waals surface area (Å²) in [6.45, 7) is 9.90. The number of rotatable bonds is 6. The Labute approximate surface area is 166 Å². The Hall–Kier alpha value is -2.46. The molecule has 0 bridgehead atoms. The van der Waals surface area contributed by atoms with Crippen LogP contribution in [0.5, 0.6) is 0 Å². The second-order valence-corrected chi connectivity index (χ2v) is 9.38. The zero-order chi connectivity index (χ0) is 21.0. The number of alkyl carbamates (subject to hydrolysis) is 1. The van der Waals surface area contributed by atoms with E-state index in [1.54, 1.807) is 44.2 Å². The summed E-state index contributed by atoms with van der Waals surface area (Å²) in [7, 11) is 0. The van der Waals surface area contributed by atoms with E-state index in [0.29, 0.717) is 18.5 Å². The molecule has 1 N–H and O–H groups in total. The molecule has 6 heteroatoms. The first-order valence-corrected chi connectivity index (χ1v) is 9.60. The molecule has 0 radical (unpaired) electrons. The molecule has 0 aromatic heterocycles. The summed E-state index contributed by atoms with van der Waals surface area (Å²) in [5, 5.41) is 2.80. The standard InChI is InChI=1S/C22H30N2O4/c1-20(2)11-17(24-15-25)12-22(5,13-20)14-23-19(27)28-21(3,4)18(26)16-9-7-6-8-10-16/h6-10,17H,11-14H2,1-5H3,(H,23,27). The van der Waals surface area contributed by atoms with Crippen LogP contribution in [-0.4, -0.2) is 36.1 Å². The van der Waals surface area contributed by atoms with Crippen molar-refractivity contribution in [1.29, 1.82) is 0 Å². The monoisotopic (exact) mass is 386 g/mol. The summed E-state index contributed by atoms with van der Waals surface area (Å²) in [5.74, 6) is -0.256. The van der Waals surface area contributed by atoms with Gasteiger partial charge >= 0.3 is 6.09 Å². The third kappa shape index (κ3) is 5.77. The Kier molecular flexibility index (Phi) is 6.45. The van der Waals surface area contributed by atoms with Gasteiger partial charge in [0.2, 0.25) is 11.9 Å². The van der Waals surface area contributed by atoms with Gasteiger partial charge in [-0.2, -0.15) is 0 Å². The summed E-state index contributed by atoms with van der Waals surface area (Å²) in [4.78, 5) is 39.6. The van der Waals surface area contributed by atoms with E-state index in [9.17, 15) is 14.4 Å². The minimum Gasteiger partial charge on any atom is -0.435 e. The van der Waals surface area contributed by atoms with Crippen LogP contribution in [0.2, 0.25) is 0 Å². The molecule has 0 saturated heterocycles. The van der Waals surface area contributed by atoms with Crippen molar-refractivity contribution in [1.82, 2.24) is 5.32 Å². The molecule has 1 aliphatic rings. The highest BCUT2D eigenvalue weighted by atomic mass is 16.6. The van der Waals surface area contributed by atoms with Crippen LogP contribution >= 0.6 is 0 Å². The Morgan fingerprint density at radius 2 is 1.86 bits per heavy atom. The third-order valence-corrected chi connectivity index (χ3v) is 5.25. The molecule has 1 saturated carbocycles. The molecule has 152 valence electrons. The van der Waals surface area contributed by atoms with E-state index in [0.717, 1.165) is 12.8 Å². The number of ketones is 1. The summed E-state index contributed by atoms with van der Waals surface area (Å²) in [6, 6.07) is 8.67. The number of carbonyl (C=O) groups is 2. The molecule has 1 aromatic rings. The molecule has 1 amide bonds. The normalized spacial score (nSPS) is 24.0. The van der Waals surface area contributed by atoms with Gasteiger partial charge < -0.3 is 10.1 Å². The van der Waals surface area contributed by atoms with Crippen molar-refractivity contribution in [3.8, 4) is 0 Å². The lowest BCUT2D eigenvalue weighted by Gasteiger charge is -2.45. The number of amides is 1. The minimum absolute atomic E-state index is 0.00610. The predicted molar refractivity (Wildman–Crippen MR) is 107 cm³/mol. The number of ether oxygens (including phenoxy) is 1. The smallest absolute Gasteiger partial charge is 0.408 e. The number of hydrogen-bond acceptors (Lipinski definition) is 5. The van der Waals surface area contributed by atoms with Crippen LogP contribution in [-0.2, 0) is 9.53 Å². The quantitative estimate of drug-likeness (QED) is 0.449. The fraction of sp³-hybridized carbons (Fsp3) is 0.591. The first kappa shape index (κ1) is 21.8. The first-order chi connectivity index (χ1) is 13.0. The summed E-state index contributed by atoms with van der Waals surface area (Å²) in [5.41, 5.74) is -0.996. The van der Waals surface area contributed by atoms with E-state index in [2.05, 4.69) is 31.1 Å². The minimum atomic E-state index is -1.28.